The first-order valence-corrected chi connectivity index (χ1v) is 7.46. The van der Waals surface area contributed by atoms with Gasteiger partial charge in [-0.05, 0) is 18.8 Å². The van der Waals surface area contributed by atoms with E-state index < -0.39 is 5.97 Å². The van der Waals surface area contributed by atoms with E-state index in [1.165, 1.54) is 6.42 Å². The number of aliphatic carboxylic acids is 1. The van der Waals surface area contributed by atoms with Gasteiger partial charge in [-0.2, -0.15) is 0 Å². The summed E-state index contributed by atoms with van der Waals surface area (Å²) in [5, 5.41) is 11.6. The SMILES string of the molecule is CC(CNC(=O)N1CCOC2CCCCC21)CC(=O)O. The van der Waals surface area contributed by atoms with E-state index in [0.717, 1.165) is 19.3 Å². The second kappa shape index (κ2) is 6.92. The number of carboxylic acid groups (broad SMARTS) is 1. The Labute approximate surface area is 119 Å². The number of ether oxygens (including phenoxy) is 1. The van der Waals surface area contributed by atoms with Crippen molar-refractivity contribution in [3.8, 4) is 0 Å². The van der Waals surface area contributed by atoms with Gasteiger partial charge in [0.15, 0.2) is 0 Å². The van der Waals surface area contributed by atoms with Crippen LogP contribution in [-0.2, 0) is 9.53 Å². The first-order chi connectivity index (χ1) is 9.58. The Hall–Kier alpha value is -1.30. The van der Waals surface area contributed by atoms with Crippen molar-refractivity contribution in [2.45, 2.75) is 51.2 Å². The van der Waals surface area contributed by atoms with Crippen LogP contribution >= 0.6 is 0 Å². The molecule has 2 aliphatic rings. The molecule has 1 heterocycles. The average Bonchev–Trinajstić information content (AvgIpc) is 2.43. The molecule has 1 aliphatic carbocycles. The van der Waals surface area contributed by atoms with E-state index in [-0.39, 0.29) is 30.5 Å². The standard InChI is InChI=1S/C14H24N2O4/c1-10(8-13(17)18)9-15-14(19)16-6-7-20-12-5-3-2-4-11(12)16/h10-12H,2-9H2,1H3,(H,15,19)(H,17,18). The van der Waals surface area contributed by atoms with Gasteiger partial charge in [0.2, 0.25) is 0 Å². The molecule has 1 saturated carbocycles. The Morgan fingerprint density at radius 1 is 1.40 bits per heavy atom. The number of hydrogen-bond donors (Lipinski definition) is 2. The van der Waals surface area contributed by atoms with Crippen molar-refractivity contribution in [3.63, 3.8) is 0 Å². The zero-order chi connectivity index (χ0) is 14.5. The molecule has 0 aromatic rings. The summed E-state index contributed by atoms with van der Waals surface area (Å²) in [6, 6.07) is 0.106. The Kier molecular flexibility index (Phi) is 5.23. The summed E-state index contributed by atoms with van der Waals surface area (Å²) in [5.74, 6) is -0.884. The van der Waals surface area contributed by atoms with Gasteiger partial charge in [0.05, 0.1) is 18.8 Å². The van der Waals surface area contributed by atoms with E-state index in [9.17, 15) is 9.59 Å². The zero-order valence-electron chi connectivity index (χ0n) is 12.0. The first-order valence-electron chi connectivity index (χ1n) is 7.46. The van der Waals surface area contributed by atoms with E-state index in [0.29, 0.717) is 19.7 Å². The quantitative estimate of drug-likeness (QED) is 0.819. The first kappa shape index (κ1) is 15.1. The van der Waals surface area contributed by atoms with Gasteiger partial charge in [-0.1, -0.05) is 19.8 Å². The Balaban J connectivity index is 1.83. The maximum absolute atomic E-state index is 12.3. The third-order valence-electron chi connectivity index (χ3n) is 4.12. The normalized spacial score (nSPS) is 27.6. The number of carbonyl (C=O) groups excluding carboxylic acids is 1. The van der Waals surface area contributed by atoms with Crippen LogP contribution in [0, 0.1) is 5.92 Å². The Morgan fingerprint density at radius 2 is 2.15 bits per heavy atom. The number of fused-ring (bicyclic) bond motifs is 1. The molecule has 2 amide bonds. The number of carboxylic acids is 1. The monoisotopic (exact) mass is 284 g/mol. The predicted molar refractivity (Wildman–Crippen MR) is 73.5 cm³/mol. The maximum atomic E-state index is 12.3. The van der Waals surface area contributed by atoms with E-state index in [1.807, 2.05) is 11.8 Å². The van der Waals surface area contributed by atoms with Crippen molar-refractivity contribution in [1.82, 2.24) is 10.2 Å². The average molecular weight is 284 g/mol. The van der Waals surface area contributed by atoms with Gasteiger partial charge >= 0.3 is 12.0 Å². The van der Waals surface area contributed by atoms with Crippen LogP contribution in [0.4, 0.5) is 4.79 Å². The topological polar surface area (TPSA) is 78.9 Å². The summed E-state index contributed by atoms with van der Waals surface area (Å²) >= 11 is 0. The lowest BCUT2D eigenvalue weighted by Gasteiger charge is -2.43. The van der Waals surface area contributed by atoms with E-state index in [2.05, 4.69) is 5.32 Å². The second-order valence-corrected chi connectivity index (χ2v) is 5.84. The second-order valence-electron chi connectivity index (χ2n) is 5.84. The molecular weight excluding hydrogens is 260 g/mol. The summed E-state index contributed by atoms with van der Waals surface area (Å²) in [5.41, 5.74) is 0. The van der Waals surface area contributed by atoms with Crippen molar-refractivity contribution in [1.29, 1.82) is 0 Å². The van der Waals surface area contributed by atoms with Crippen LogP contribution in [0.3, 0.4) is 0 Å². The van der Waals surface area contributed by atoms with Crippen LogP contribution < -0.4 is 5.32 Å². The molecule has 1 aliphatic heterocycles. The number of nitrogens with one attached hydrogen (secondary N) is 1. The third-order valence-corrected chi connectivity index (χ3v) is 4.12. The summed E-state index contributed by atoms with van der Waals surface area (Å²) in [6.45, 7) is 3.45. The minimum atomic E-state index is -0.828. The molecule has 0 aromatic heterocycles. The predicted octanol–water partition coefficient (Wildman–Crippen LogP) is 1.45. The highest BCUT2D eigenvalue weighted by molar-refractivity contribution is 5.75. The van der Waals surface area contributed by atoms with Gasteiger partial charge < -0.3 is 20.1 Å². The third kappa shape index (κ3) is 3.85. The number of morpholine rings is 1. The molecule has 0 spiro atoms. The number of urea groups is 1. The number of carbonyl (C=O) groups is 2. The zero-order valence-corrected chi connectivity index (χ0v) is 12.0. The molecule has 20 heavy (non-hydrogen) atoms. The van der Waals surface area contributed by atoms with E-state index >= 15 is 0 Å². The molecule has 3 atom stereocenters. The van der Waals surface area contributed by atoms with Gasteiger partial charge in [0.1, 0.15) is 0 Å². The minimum absolute atomic E-state index is 0.0559. The molecular formula is C14H24N2O4. The molecule has 2 N–H and O–H groups in total. The number of hydrogen-bond acceptors (Lipinski definition) is 3. The smallest absolute Gasteiger partial charge is 0.317 e. The van der Waals surface area contributed by atoms with Gasteiger partial charge in [0.25, 0.3) is 0 Å². The summed E-state index contributed by atoms with van der Waals surface area (Å²) < 4.78 is 5.74. The molecule has 114 valence electrons. The van der Waals surface area contributed by atoms with Crippen molar-refractivity contribution in [2.75, 3.05) is 19.7 Å². The van der Waals surface area contributed by atoms with Gasteiger partial charge in [-0.25, -0.2) is 4.79 Å². The van der Waals surface area contributed by atoms with E-state index in [4.69, 9.17) is 9.84 Å². The molecule has 2 rings (SSSR count). The van der Waals surface area contributed by atoms with Gasteiger partial charge in [-0.15, -0.1) is 0 Å². The van der Waals surface area contributed by atoms with E-state index in [1.54, 1.807) is 0 Å². The van der Waals surface area contributed by atoms with Crippen LogP contribution in [0.15, 0.2) is 0 Å². The van der Waals surface area contributed by atoms with Crippen molar-refractivity contribution in [3.05, 3.63) is 0 Å². The largest absolute Gasteiger partial charge is 0.481 e. The fourth-order valence-electron chi connectivity index (χ4n) is 3.08. The van der Waals surface area contributed by atoms with Crippen LogP contribution in [0.1, 0.15) is 39.0 Å². The summed E-state index contributed by atoms with van der Waals surface area (Å²) in [7, 11) is 0. The molecule has 0 radical (unpaired) electrons. The highest BCUT2D eigenvalue weighted by Gasteiger charge is 2.36. The summed E-state index contributed by atoms with van der Waals surface area (Å²) in [4.78, 5) is 24.7. The van der Waals surface area contributed by atoms with Crippen LogP contribution in [0.25, 0.3) is 0 Å². The molecule has 6 nitrogen and oxygen atoms in total. The molecule has 3 unspecified atom stereocenters. The highest BCUT2D eigenvalue weighted by atomic mass is 16.5. The Morgan fingerprint density at radius 3 is 2.90 bits per heavy atom. The molecule has 0 bridgehead atoms. The Bertz CT molecular complexity index is 359. The fraction of sp³-hybridized carbons (Fsp3) is 0.857. The maximum Gasteiger partial charge on any atom is 0.317 e. The van der Waals surface area contributed by atoms with Crippen LogP contribution in [-0.4, -0.2) is 53.8 Å². The fourth-order valence-corrected chi connectivity index (χ4v) is 3.08. The van der Waals surface area contributed by atoms with Gasteiger partial charge in [0, 0.05) is 19.5 Å². The number of amides is 2. The number of nitrogens with zero attached hydrogens (tertiary/aromatic N) is 1. The molecule has 0 aromatic carbocycles. The van der Waals surface area contributed by atoms with Crippen LogP contribution in [0.5, 0.6) is 0 Å². The highest BCUT2D eigenvalue weighted by Crippen LogP contribution is 2.28. The number of rotatable bonds is 4. The summed E-state index contributed by atoms with van der Waals surface area (Å²) in [6.07, 6.45) is 4.61. The molecule has 2 fully saturated rings. The van der Waals surface area contributed by atoms with Gasteiger partial charge in [-0.3, -0.25) is 4.79 Å². The van der Waals surface area contributed by atoms with Crippen molar-refractivity contribution < 1.29 is 19.4 Å². The van der Waals surface area contributed by atoms with Crippen LogP contribution in [0.2, 0.25) is 0 Å². The van der Waals surface area contributed by atoms with Crippen molar-refractivity contribution in [2.24, 2.45) is 5.92 Å². The van der Waals surface area contributed by atoms with Crippen molar-refractivity contribution >= 4 is 12.0 Å². The minimum Gasteiger partial charge on any atom is -0.481 e. The lowest BCUT2D eigenvalue weighted by molar-refractivity contribution is -0.137. The lowest BCUT2D eigenvalue weighted by atomic mass is 9.90. The molecule has 1 saturated heterocycles. The molecule has 6 heteroatoms. The lowest BCUT2D eigenvalue weighted by Crippen LogP contribution is -2.57.